The largest absolute Gasteiger partial charge is 0.312 e. The monoisotopic (exact) mass is 317 g/mol. The second-order valence-corrected chi connectivity index (χ2v) is 7.20. The van der Waals surface area contributed by atoms with Gasteiger partial charge in [0.1, 0.15) is 0 Å². The van der Waals surface area contributed by atoms with E-state index in [1.165, 1.54) is 24.2 Å². The highest BCUT2D eigenvalue weighted by atomic mass is 32.1. The fourth-order valence-electron chi connectivity index (χ4n) is 3.10. The number of likely N-dealkylation sites (tertiary alicyclic amines) is 1. The zero-order chi connectivity index (χ0) is 15.5. The van der Waals surface area contributed by atoms with E-state index in [1.54, 1.807) is 0 Å². The number of benzene rings is 1. The number of piperidine rings is 1. The first-order chi connectivity index (χ1) is 10.6. The van der Waals surface area contributed by atoms with Gasteiger partial charge in [-0.15, -0.1) is 0 Å². The Hall–Kier alpha value is -1.43. The van der Waals surface area contributed by atoms with Crippen molar-refractivity contribution >= 4 is 11.3 Å². The molecule has 0 radical (unpaired) electrons. The topological polar surface area (TPSA) is 39.3 Å². The molecule has 1 N–H and O–H groups in total. The molecule has 0 amide bonds. The van der Waals surface area contributed by atoms with Gasteiger partial charge in [0.05, 0.1) is 5.69 Å². The van der Waals surface area contributed by atoms with Gasteiger partial charge < -0.3 is 9.88 Å². The number of thiazole rings is 1. The standard InChI is InChI=1S/C17H23N3OS/c1-19-10-8-14(9-11-19)20(2)12-15-16(18-17(21)22-15)13-6-4-3-5-7-13/h3-7,14H,8-12H2,1-2H3,(H,18,21). The third-order valence-corrected chi connectivity index (χ3v) is 5.36. The fraction of sp³-hybridized carbons (Fsp3) is 0.471. The third-order valence-electron chi connectivity index (χ3n) is 4.49. The van der Waals surface area contributed by atoms with Crippen LogP contribution in [0.1, 0.15) is 17.7 Å². The maximum absolute atomic E-state index is 11.8. The van der Waals surface area contributed by atoms with Gasteiger partial charge in [0.25, 0.3) is 0 Å². The van der Waals surface area contributed by atoms with Crippen LogP contribution in [0.5, 0.6) is 0 Å². The van der Waals surface area contributed by atoms with Crippen LogP contribution in [0.15, 0.2) is 35.1 Å². The van der Waals surface area contributed by atoms with E-state index in [2.05, 4.69) is 41.0 Å². The average molecular weight is 317 g/mol. The molecule has 1 saturated heterocycles. The molecule has 0 atom stereocenters. The van der Waals surface area contributed by atoms with Crippen LogP contribution in [0.25, 0.3) is 11.3 Å². The first-order valence-electron chi connectivity index (χ1n) is 7.79. The third kappa shape index (κ3) is 3.48. The quantitative estimate of drug-likeness (QED) is 0.942. The summed E-state index contributed by atoms with van der Waals surface area (Å²) in [7, 11) is 4.36. The molecule has 4 nitrogen and oxygen atoms in total. The zero-order valence-corrected chi connectivity index (χ0v) is 14.0. The van der Waals surface area contributed by atoms with Crippen molar-refractivity contribution < 1.29 is 0 Å². The van der Waals surface area contributed by atoms with Crippen LogP contribution in [0.2, 0.25) is 0 Å². The van der Waals surface area contributed by atoms with Crippen molar-refractivity contribution in [1.82, 2.24) is 14.8 Å². The van der Waals surface area contributed by atoms with Crippen LogP contribution < -0.4 is 4.87 Å². The van der Waals surface area contributed by atoms with Gasteiger partial charge in [-0.25, -0.2) is 0 Å². The minimum Gasteiger partial charge on any atom is -0.312 e. The number of hydrogen-bond acceptors (Lipinski definition) is 4. The molecule has 1 aliphatic heterocycles. The smallest absolute Gasteiger partial charge is 0.305 e. The van der Waals surface area contributed by atoms with Crippen LogP contribution in [-0.2, 0) is 6.54 Å². The Morgan fingerprint density at radius 2 is 1.95 bits per heavy atom. The lowest BCUT2D eigenvalue weighted by Gasteiger charge is -2.35. The summed E-state index contributed by atoms with van der Waals surface area (Å²) in [5.74, 6) is 0. The maximum Gasteiger partial charge on any atom is 0.305 e. The Labute approximate surface area is 135 Å². The first-order valence-corrected chi connectivity index (χ1v) is 8.61. The SMILES string of the molecule is CN1CCC(N(C)Cc2sc(=O)[nH]c2-c2ccccc2)CC1. The van der Waals surface area contributed by atoms with Crippen LogP contribution >= 0.6 is 11.3 Å². The van der Waals surface area contributed by atoms with Crippen LogP contribution in [0.3, 0.4) is 0 Å². The lowest BCUT2D eigenvalue weighted by molar-refractivity contribution is 0.140. The molecule has 1 aromatic carbocycles. The van der Waals surface area contributed by atoms with Gasteiger partial charge >= 0.3 is 4.87 Å². The Morgan fingerprint density at radius 1 is 1.27 bits per heavy atom. The molecule has 2 aromatic rings. The second kappa shape index (κ2) is 6.77. The zero-order valence-electron chi connectivity index (χ0n) is 13.2. The highest BCUT2D eigenvalue weighted by Crippen LogP contribution is 2.25. The summed E-state index contributed by atoms with van der Waals surface area (Å²) in [6, 6.07) is 10.7. The van der Waals surface area contributed by atoms with Crippen molar-refractivity contribution in [3.8, 4) is 11.3 Å². The molecule has 22 heavy (non-hydrogen) atoms. The summed E-state index contributed by atoms with van der Waals surface area (Å²) in [5, 5.41) is 0. The van der Waals surface area contributed by atoms with Crippen LogP contribution in [-0.4, -0.2) is 48.0 Å². The predicted octanol–water partition coefficient (Wildman–Crippen LogP) is 2.63. The van der Waals surface area contributed by atoms with Crippen LogP contribution in [0, 0.1) is 0 Å². The number of nitrogens with one attached hydrogen (secondary N) is 1. The Balaban J connectivity index is 1.77. The molecular weight excluding hydrogens is 294 g/mol. The average Bonchev–Trinajstić information content (AvgIpc) is 2.89. The van der Waals surface area contributed by atoms with E-state index in [4.69, 9.17) is 0 Å². The Kier molecular flexibility index (Phi) is 4.76. The van der Waals surface area contributed by atoms with E-state index in [1.807, 2.05) is 18.2 Å². The lowest BCUT2D eigenvalue weighted by atomic mass is 10.0. The molecular formula is C17H23N3OS. The number of aromatic amines is 1. The number of hydrogen-bond donors (Lipinski definition) is 1. The van der Waals surface area contributed by atoms with E-state index in [-0.39, 0.29) is 4.87 Å². The summed E-state index contributed by atoms with van der Waals surface area (Å²) < 4.78 is 0. The van der Waals surface area contributed by atoms with Crippen molar-refractivity contribution in [2.24, 2.45) is 0 Å². The van der Waals surface area contributed by atoms with E-state index in [0.29, 0.717) is 6.04 Å². The van der Waals surface area contributed by atoms with Gasteiger partial charge in [0, 0.05) is 17.5 Å². The number of nitrogens with zero attached hydrogens (tertiary/aromatic N) is 2. The normalized spacial score (nSPS) is 17.2. The Bertz CT molecular complexity index is 656. The van der Waals surface area contributed by atoms with E-state index in [0.717, 1.165) is 35.8 Å². The van der Waals surface area contributed by atoms with Crippen LogP contribution in [0.4, 0.5) is 0 Å². The summed E-state index contributed by atoms with van der Waals surface area (Å²) in [6.07, 6.45) is 2.40. The minimum absolute atomic E-state index is 0.0330. The van der Waals surface area contributed by atoms with Crippen molar-refractivity contribution in [2.75, 3.05) is 27.2 Å². The molecule has 3 rings (SSSR count). The molecule has 118 valence electrons. The molecule has 0 aliphatic carbocycles. The summed E-state index contributed by atoms with van der Waals surface area (Å²) >= 11 is 1.34. The van der Waals surface area contributed by atoms with Gasteiger partial charge in [0.2, 0.25) is 0 Å². The molecule has 0 unspecified atom stereocenters. The number of rotatable bonds is 4. The van der Waals surface area contributed by atoms with Crippen molar-refractivity contribution in [2.45, 2.75) is 25.4 Å². The van der Waals surface area contributed by atoms with E-state index >= 15 is 0 Å². The summed E-state index contributed by atoms with van der Waals surface area (Å²) in [4.78, 5) is 20.8. The van der Waals surface area contributed by atoms with Gasteiger partial charge in [-0.3, -0.25) is 9.69 Å². The van der Waals surface area contributed by atoms with E-state index < -0.39 is 0 Å². The van der Waals surface area contributed by atoms with Gasteiger partial charge in [-0.1, -0.05) is 41.7 Å². The highest BCUT2D eigenvalue weighted by molar-refractivity contribution is 7.09. The predicted molar refractivity (Wildman–Crippen MR) is 92.4 cm³/mol. The van der Waals surface area contributed by atoms with E-state index in [9.17, 15) is 4.79 Å². The number of H-pyrrole nitrogens is 1. The fourth-order valence-corrected chi connectivity index (χ4v) is 4.02. The van der Waals surface area contributed by atoms with Crippen molar-refractivity contribution in [3.63, 3.8) is 0 Å². The van der Waals surface area contributed by atoms with Gasteiger partial charge in [0.15, 0.2) is 0 Å². The molecule has 1 aliphatic rings. The lowest BCUT2D eigenvalue weighted by Crippen LogP contribution is -2.41. The van der Waals surface area contributed by atoms with Gasteiger partial charge in [-0.2, -0.15) is 0 Å². The van der Waals surface area contributed by atoms with Crippen molar-refractivity contribution in [1.29, 1.82) is 0 Å². The molecule has 0 saturated carbocycles. The maximum atomic E-state index is 11.8. The highest BCUT2D eigenvalue weighted by Gasteiger charge is 2.22. The Morgan fingerprint density at radius 3 is 2.64 bits per heavy atom. The molecule has 1 fully saturated rings. The summed E-state index contributed by atoms with van der Waals surface area (Å²) in [6.45, 7) is 3.15. The molecule has 2 heterocycles. The van der Waals surface area contributed by atoms with Gasteiger partial charge in [-0.05, 0) is 45.6 Å². The molecule has 0 spiro atoms. The molecule has 1 aromatic heterocycles. The minimum atomic E-state index is 0.0330. The second-order valence-electron chi connectivity index (χ2n) is 6.13. The number of aromatic nitrogens is 1. The van der Waals surface area contributed by atoms with Crippen molar-refractivity contribution in [3.05, 3.63) is 44.9 Å². The molecule has 0 bridgehead atoms. The first kappa shape index (κ1) is 15.5. The molecule has 5 heteroatoms. The summed E-state index contributed by atoms with van der Waals surface area (Å²) in [5.41, 5.74) is 2.07.